The Bertz CT molecular complexity index is 763. The molecule has 3 aromatic rings. The number of nitrogens with zero attached hydrogens (tertiary/aromatic N) is 1. The Balaban J connectivity index is 1.63. The highest BCUT2D eigenvalue weighted by Gasteiger charge is 2.06. The molecule has 1 heterocycles. The predicted molar refractivity (Wildman–Crippen MR) is 82.1 cm³/mol. The van der Waals surface area contributed by atoms with E-state index in [-0.39, 0.29) is 5.91 Å². The second kappa shape index (κ2) is 5.79. The molecule has 0 bridgehead atoms. The second-order valence-electron chi connectivity index (χ2n) is 4.95. The van der Waals surface area contributed by atoms with Gasteiger partial charge in [-0.3, -0.25) is 4.79 Å². The molecule has 0 saturated heterocycles. The van der Waals surface area contributed by atoms with Crippen molar-refractivity contribution in [2.45, 2.75) is 19.8 Å². The summed E-state index contributed by atoms with van der Waals surface area (Å²) >= 11 is 0. The molecule has 0 aliphatic heterocycles. The molecule has 0 saturated carbocycles. The Morgan fingerprint density at radius 3 is 2.81 bits per heavy atom. The maximum atomic E-state index is 12.0. The molecule has 4 heteroatoms. The fourth-order valence-electron chi connectivity index (χ4n) is 2.25. The molecule has 3 rings (SSSR count). The van der Waals surface area contributed by atoms with Crippen molar-refractivity contribution in [3.05, 3.63) is 60.0 Å². The average molecular weight is 280 g/mol. The van der Waals surface area contributed by atoms with Gasteiger partial charge in [0.2, 0.25) is 5.91 Å². The summed E-state index contributed by atoms with van der Waals surface area (Å²) < 4.78 is 5.41. The number of hydrogen-bond acceptors (Lipinski definition) is 3. The van der Waals surface area contributed by atoms with Gasteiger partial charge in [0, 0.05) is 19.0 Å². The molecular weight excluding hydrogens is 264 g/mol. The highest BCUT2D eigenvalue weighted by atomic mass is 16.3. The topological polar surface area (TPSA) is 55.1 Å². The minimum atomic E-state index is -0.00146. The number of aryl methyl sites for hydroxylation is 2. The van der Waals surface area contributed by atoms with Crippen LogP contribution in [0.5, 0.6) is 0 Å². The number of oxazole rings is 1. The van der Waals surface area contributed by atoms with Gasteiger partial charge < -0.3 is 9.73 Å². The van der Waals surface area contributed by atoms with Crippen LogP contribution in [0.3, 0.4) is 0 Å². The Morgan fingerprint density at radius 1 is 1.19 bits per heavy atom. The van der Waals surface area contributed by atoms with Gasteiger partial charge in [0.15, 0.2) is 11.5 Å². The summed E-state index contributed by atoms with van der Waals surface area (Å²) in [5, 5.41) is 2.89. The van der Waals surface area contributed by atoms with Crippen molar-refractivity contribution < 1.29 is 9.21 Å². The minimum Gasteiger partial charge on any atom is -0.441 e. The third-order valence-electron chi connectivity index (χ3n) is 3.26. The van der Waals surface area contributed by atoms with Crippen molar-refractivity contribution in [2.24, 2.45) is 0 Å². The summed E-state index contributed by atoms with van der Waals surface area (Å²) in [5.41, 5.74) is 3.40. The van der Waals surface area contributed by atoms with Crippen LogP contribution in [-0.2, 0) is 11.2 Å². The Morgan fingerprint density at radius 2 is 2.00 bits per heavy atom. The molecule has 1 amide bonds. The number of fused-ring (bicyclic) bond motifs is 1. The zero-order valence-electron chi connectivity index (χ0n) is 11.8. The third kappa shape index (κ3) is 3.28. The maximum absolute atomic E-state index is 12.0. The average Bonchev–Trinajstić information content (AvgIpc) is 2.85. The number of rotatable bonds is 4. The number of carbonyl (C=O) groups is 1. The molecular formula is C17H16N2O2. The number of hydrogen-bond donors (Lipinski definition) is 1. The number of benzene rings is 2. The fraction of sp³-hybridized carbons (Fsp3) is 0.176. The number of nitrogens with one attached hydrogen (secondary N) is 1. The number of anilines is 1. The first-order chi connectivity index (χ1) is 10.2. The van der Waals surface area contributed by atoms with Crippen LogP contribution in [0.1, 0.15) is 17.9 Å². The van der Waals surface area contributed by atoms with Crippen LogP contribution in [0, 0.1) is 6.92 Å². The van der Waals surface area contributed by atoms with Crippen LogP contribution < -0.4 is 5.32 Å². The van der Waals surface area contributed by atoms with E-state index in [2.05, 4.69) is 10.3 Å². The van der Waals surface area contributed by atoms with E-state index < -0.39 is 0 Å². The van der Waals surface area contributed by atoms with Gasteiger partial charge in [0.05, 0.1) is 0 Å². The Labute approximate surface area is 122 Å². The van der Waals surface area contributed by atoms with Crippen LogP contribution in [0.4, 0.5) is 5.69 Å². The molecule has 0 spiro atoms. The van der Waals surface area contributed by atoms with Crippen LogP contribution >= 0.6 is 0 Å². The van der Waals surface area contributed by atoms with E-state index in [1.54, 1.807) is 6.92 Å². The minimum absolute atomic E-state index is 0.00146. The monoisotopic (exact) mass is 280 g/mol. The van der Waals surface area contributed by atoms with Gasteiger partial charge in [0.1, 0.15) is 5.52 Å². The van der Waals surface area contributed by atoms with Crippen LogP contribution in [0.15, 0.2) is 52.9 Å². The lowest BCUT2D eigenvalue weighted by atomic mass is 10.1. The highest BCUT2D eigenvalue weighted by molar-refractivity contribution is 5.92. The molecule has 0 unspecified atom stereocenters. The lowest BCUT2D eigenvalue weighted by Crippen LogP contribution is -2.12. The van der Waals surface area contributed by atoms with Crippen molar-refractivity contribution in [3.63, 3.8) is 0 Å². The maximum Gasteiger partial charge on any atom is 0.224 e. The molecule has 2 aromatic carbocycles. The number of aromatic nitrogens is 1. The molecule has 21 heavy (non-hydrogen) atoms. The van der Waals surface area contributed by atoms with Crippen LogP contribution in [0.25, 0.3) is 11.1 Å². The Hall–Kier alpha value is -2.62. The molecule has 0 atom stereocenters. The lowest BCUT2D eigenvalue weighted by Gasteiger charge is -2.05. The number of amides is 1. The van der Waals surface area contributed by atoms with Crippen molar-refractivity contribution in [3.8, 4) is 0 Å². The van der Waals surface area contributed by atoms with Crippen molar-refractivity contribution in [2.75, 3.05) is 5.32 Å². The zero-order chi connectivity index (χ0) is 14.7. The molecule has 0 fully saturated rings. The van der Waals surface area contributed by atoms with E-state index in [4.69, 9.17) is 4.42 Å². The Kier molecular flexibility index (Phi) is 3.69. The lowest BCUT2D eigenvalue weighted by molar-refractivity contribution is -0.116. The van der Waals surface area contributed by atoms with Gasteiger partial charge in [0.25, 0.3) is 0 Å². The molecule has 1 aromatic heterocycles. The van der Waals surface area contributed by atoms with Crippen molar-refractivity contribution in [1.29, 1.82) is 0 Å². The van der Waals surface area contributed by atoms with Gasteiger partial charge in [-0.15, -0.1) is 0 Å². The first-order valence-electron chi connectivity index (χ1n) is 6.92. The summed E-state index contributed by atoms with van der Waals surface area (Å²) in [4.78, 5) is 16.2. The predicted octanol–water partition coefficient (Wildman–Crippen LogP) is 3.71. The first-order valence-corrected chi connectivity index (χ1v) is 6.92. The summed E-state index contributed by atoms with van der Waals surface area (Å²) in [6.45, 7) is 1.80. The summed E-state index contributed by atoms with van der Waals surface area (Å²) in [5.74, 6) is 0.621. The number of carbonyl (C=O) groups excluding carboxylic acids is 1. The molecule has 4 nitrogen and oxygen atoms in total. The van der Waals surface area contributed by atoms with Crippen molar-refractivity contribution in [1.82, 2.24) is 4.98 Å². The second-order valence-corrected chi connectivity index (χ2v) is 4.95. The summed E-state index contributed by atoms with van der Waals surface area (Å²) in [6, 6.07) is 15.5. The standard InChI is InChI=1S/C17H16N2O2/c1-12-18-15-11-14(8-9-16(15)21-12)19-17(20)10-7-13-5-3-2-4-6-13/h2-6,8-9,11H,7,10H2,1H3,(H,19,20). The SMILES string of the molecule is Cc1nc2cc(NC(=O)CCc3ccccc3)ccc2o1. The zero-order valence-corrected chi connectivity index (χ0v) is 11.8. The molecule has 0 radical (unpaired) electrons. The van der Waals surface area contributed by atoms with E-state index in [0.717, 1.165) is 28.8 Å². The smallest absolute Gasteiger partial charge is 0.224 e. The van der Waals surface area contributed by atoms with E-state index >= 15 is 0 Å². The van der Waals surface area contributed by atoms with E-state index in [1.807, 2.05) is 48.5 Å². The first kappa shape index (κ1) is 13.4. The van der Waals surface area contributed by atoms with Gasteiger partial charge in [-0.25, -0.2) is 4.98 Å². The van der Waals surface area contributed by atoms with Gasteiger partial charge in [-0.1, -0.05) is 30.3 Å². The fourth-order valence-corrected chi connectivity index (χ4v) is 2.25. The van der Waals surface area contributed by atoms with Gasteiger partial charge in [-0.2, -0.15) is 0 Å². The van der Waals surface area contributed by atoms with Gasteiger partial charge in [-0.05, 0) is 30.2 Å². The summed E-state index contributed by atoms with van der Waals surface area (Å²) in [6.07, 6.45) is 1.19. The third-order valence-corrected chi connectivity index (χ3v) is 3.26. The highest BCUT2D eigenvalue weighted by Crippen LogP contribution is 2.19. The molecule has 0 aliphatic carbocycles. The normalized spacial score (nSPS) is 10.7. The molecule has 1 N–H and O–H groups in total. The van der Waals surface area contributed by atoms with E-state index in [1.165, 1.54) is 0 Å². The quantitative estimate of drug-likeness (QED) is 0.792. The molecule has 106 valence electrons. The van der Waals surface area contributed by atoms with Crippen LogP contribution in [-0.4, -0.2) is 10.9 Å². The largest absolute Gasteiger partial charge is 0.441 e. The van der Waals surface area contributed by atoms with Crippen LogP contribution in [0.2, 0.25) is 0 Å². The van der Waals surface area contributed by atoms with Gasteiger partial charge >= 0.3 is 0 Å². The van der Waals surface area contributed by atoms with E-state index in [9.17, 15) is 4.79 Å². The summed E-state index contributed by atoms with van der Waals surface area (Å²) in [7, 11) is 0. The van der Waals surface area contributed by atoms with E-state index in [0.29, 0.717) is 12.3 Å². The van der Waals surface area contributed by atoms with Crippen molar-refractivity contribution >= 4 is 22.7 Å². The molecule has 0 aliphatic rings.